The fourth-order valence-electron chi connectivity index (χ4n) is 6.49. The van der Waals surface area contributed by atoms with E-state index in [0.717, 1.165) is 30.5 Å². The zero-order chi connectivity index (χ0) is 36.6. The summed E-state index contributed by atoms with van der Waals surface area (Å²) in [5.74, 6) is 1.60. The highest BCUT2D eigenvalue weighted by Gasteiger charge is 2.36. The summed E-state index contributed by atoms with van der Waals surface area (Å²) >= 11 is 12.6. The predicted octanol–water partition coefficient (Wildman–Crippen LogP) is 9.25. The van der Waals surface area contributed by atoms with Gasteiger partial charge >= 0.3 is 6.03 Å². The van der Waals surface area contributed by atoms with Crippen molar-refractivity contribution < 1.29 is 14.3 Å². The molecule has 1 aliphatic carbocycles. The van der Waals surface area contributed by atoms with Crippen LogP contribution in [0.3, 0.4) is 0 Å². The third-order valence-electron chi connectivity index (χ3n) is 9.74. The van der Waals surface area contributed by atoms with Crippen LogP contribution >= 0.6 is 23.2 Å². The molecule has 3 amide bonds. The Bertz CT molecular complexity index is 1570. The topological polar surface area (TPSA) is 78.3 Å². The van der Waals surface area contributed by atoms with Gasteiger partial charge in [-0.2, -0.15) is 0 Å². The lowest BCUT2D eigenvalue weighted by Crippen LogP contribution is -2.50. The molecule has 1 aliphatic heterocycles. The number of pyridine rings is 1. The number of hydrogen-bond donors (Lipinski definition) is 0. The van der Waals surface area contributed by atoms with Gasteiger partial charge in [-0.05, 0) is 83.6 Å². The molecule has 1 atom stereocenters. The summed E-state index contributed by atoms with van der Waals surface area (Å²) in [6, 6.07) is 9.40. The summed E-state index contributed by atoms with van der Waals surface area (Å²) in [7, 11) is 0. The number of allylic oxidation sites excluding steroid dienone is 3. The largest absolute Gasteiger partial charge is 0.493 e. The van der Waals surface area contributed by atoms with Gasteiger partial charge in [-0.3, -0.25) is 19.7 Å². The second-order valence-corrected chi connectivity index (χ2v) is 15.7. The van der Waals surface area contributed by atoms with E-state index >= 15 is 0 Å². The SMILES string of the molecule is CCOc1cc(C(C)(C)C)ncc1/C(=N/C(C)(C)C1C=CC(Cl)=CC1)N(Cc1ccc(Cl)cc1)C(=O)N1CCC(CC(=O)N(CC)CC)CC1. The minimum absolute atomic E-state index is 0.0453. The molecular formula is C40H55Cl2N5O3. The Balaban J connectivity index is 1.80. The van der Waals surface area contributed by atoms with Crippen LogP contribution in [0.4, 0.5) is 4.79 Å². The highest BCUT2D eigenvalue weighted by Crippen LogP contribution is 2.35. The Kier molecular flexibility index (Phi) is 13.6. The van der Waals surface area contributed by atoms with Crippen LogP contribution < -0.4 is 4.74 Å². The number of hydrogen-bond acceptors (Lipinski definition) is 5. The van der Waals surface area contributed by atoms with E-state index in [9.17, 15) is 9.59 Å². The second-order valence-electron chi connectivity index (χ2n) is 14.8. The molecule has 1 saturated heterocycles. The van der Waals surface area contributed by atoms with Crippen LogP contribution in [0.15, 0.2) is 64.8 Å². The van der Waals surface area contributed by atoms with Crippen LogP contribution in [0.1, 0.15) is 97.9 Å². The Morgan fingerprint density at radius 1 is 1.02 bits per heavy atom. The fourth-order valence-corrected chi connectivity index (χ4v) is 6.77. The summed E-state index contributed by atoms with van der Waals surface area (Å²) in [5, 5.41) is 1.34. The van der Waals surface area contributed by atoms with E-state index in [1.807, 2.05) is 73.1 Å². The summed E-state index contributed by atoms with van der Waals surface area (Å²) in [6.07, 6.45) is 10.6. The van der Waals surface area contributed by atoms with Crippen LogP contribution in [0, 0.1) is 11.8 Å². The molecule has 50 heavy (non-hydrogen) atoms. The van der Waals surface area contributed by atoms with Crippen molar-refractivity contribution in [2.75, 3.05) is 32.8 Å². The number of amides is 3. The number of benzene rings is 1. The van der Waals surface area contributed by atoms with Crippen LogP contribution in [0.5, 0.6) is 5.75 Å². The highest BCUT2D eigenvalue weighted by atomic mass is 35.5. The van der Waals surface area contributed by atoms with Gasteiger partial charge in [0.25, 0.3) is 0 Å². The number of carbonyl (C=O) groups excluding carboxylic acids is 2. The van der Waals surface area contributed by atoms with E-state index in [1.54, 1.807) is 11.1 Å². The molecule has 272 valence electrons. The van der Waals surface area contributed by atoms with Crippen LogP contribution in [0.25, 0.3) is 0 Å². The lowest BCUT2D eigenvalue weighted by molar-refractivity contribution is -0.132. The molecule has 0 N–H and O–H groups in total. The predicted molar refractivity (Wildman–Crippen MR) is 205 cm³/mol. The maximum atomic E-state index is 14.9. The molecule has 1 fully saturated rings. The number of halogens is 2. The Labute approximate surface area is 309 Å². The van der Waals surface area contributed by atoms with Crippen molar-refractivity contribution >= 4 is 41.0 Å². The van der Waals surface area contributed by atoms with Crippen molar-refractivity contribution in [3.63, 3.8) is 0 Å². The lowest BCUT2D eigenvalue weighted by atomic mass is 9.83. The third kappa shape index (κ3) is 10.1. The molecule has 8 nitrogen and oxygen atoms in total. The molecule has 2 heterocycles. The molecule has 2 aromatic rings. The van der Waals surface area contributed by atoms with Gasteiger partial charge < -0.3 is 14.5 Å². The molecule has 10 heteroatoms. The summed E-state index contributed by atoms with van der Waals surface area (Å²) < 4.78 is 6.29. The number of urea groups is 1. The molecule has 1 aromatic carbocycles. The van der Waals surface area contributed by atoms with E-state index in [1.165, 1.54) is 0 Å². The number of ether oxygens (including phenoxy) is 1. The van der Waals surface area contributed by atoms with Gasteiger partial charge in [-0.25, -0.2) is 4.79 Å². The minimum Gasteiger partial charge on any atom is -0.493 e. The van der Waals surface area contributed by atoms with Gasteiger partial charge in [0, 0.05) is 71.9 Å². The average Bonchev–Trinajstić information content (AvgIpc) is 3.08. The summed E-state index contributed by atoms with van der Waals surface area (Å²) in [5.41, 5.74) is 1.62. The number of aliphatic imine (C=N–C) groups is 1. The maximum Gasteiger partial charge on any atom is 0.325 e. The van der Waals surface area contributed by atoms with Gasteiger partial charge in [0.1, 0.15) is 11.6 Å². The molecule has 0 saturated carbocycles. The molecule has 0 bridgehead atoms. The average molecular weight is 725 g/mol. The lowest BCUT2D eigenvalue weighted by Gasteiger charge is -2.38. The first-order valence-corrected chi connectivity index (χ1v) is 18.8. The third-order valence-corrected chi connectivity index (χ3v) is 10.3. The van der Waals surface area contributed by atoms with Crippen molar-refractivity contribution in [1.82, 2.24) is 19.7 Å². The van der Waals surface area contributed by atoms with Gasteiger partial charge in [0.05, 0.1) is 24.3 Å². The Morgan fingerprint density at radius 2 is 1.68 bits per heavy atom. The first-order chi connectivity index (χ1) is 23.7. The summed E-state index contributed by atoms with van der Waals surface area (Å²) in [6.45, 7) is 19.7. The first kappa shape index (κ1) is 39.4. The number of amidine groups is 1. The number of rotatable bonds is 11. The van der Waals surface area contributed by atoms with Gasteiger partial charge in [-0.1, -0.05) is 68.3 Å². The standard InChI is InChI=1S/C40H55Cl2N5O3/c1-9-45(10-2)36(48)24-28-20-22-46(23-21-28)38(49)47(27-29-12-16-31(41)17-13-29)37(44-40(7,8)30-14-18-32(42)19-15-30)33-26-43-35(39(4,5)6)25-34(33)50-11-3/h12-14,16-19,25-26,28,30H,9-11,15,20-24,27H2,1-8H3/b44-37-. The number of nitrogens with zero attached hydrogens (tertiary/aromatic N) is 5. The number of likely N-dealkylation sites (tertiary alicyclic amines) is 1. The van der Waals surface area contributed by atoms with Crippen molar-refractivity contribution in [3.8, 4) is 5.75 Å². The molecule has 0 radical (unpaired) electrons. The van der Waals surface area contributed by atoms with Gasteiger partial charge in [0.2, 0.25) is 5.91 Å². The van der Waals surface area contributed by atoms with Gasteiger partial charge in [-0.15, -0.1) is 0 Å². The minimum atomic E-state index is -0.623. The monoisotopic (exact) mass is 723 g/mol. The van der Waals surface area contributed by atoms with Gasteiger partial charge in [0.15, 0.2) is 0 Å². The van der Waals surface area contributed by atoms with E-state index in [-0.39, 0.29) is 35.7 Å². The quantitative estimate of drug-likeness (QED) is 0.171. The fraction of sp³-hybridized carbons (Fsp3) is 0.550. The van der Waals surface area contributed by atoms with E-state index in [4.69, 9.17) is 37.9 Å². The zero-order valence-corrected chi connectivity index (χ0v) is 32.7. The van der Waals surface area contributed by atoms with E-state index in [2.05, 4.69) is 40.7 Å². The normalized spacial score (nSPS) is 17.4. The first-order valence-electron chi connectivity index (χ1n) is 18.0. The van der Waals surface area contributed by atoms with E-state index < -0.39 is 5.54 Å². The van der Waals surface area contributed by atoms with Crippen molar-refractivity contribution in [3.05, 3.63) is 81.6 Å². The smallest absolute Gasteiger partial charge is 0.325 e. The van der Waals surface area contributed by atoms with Crippen LogP contribution in [-0.2, 0) is 16.8 Å². The van der Waals surface area contributed by atoms with Crippen molar-refractivity contribution in [1.29, 1.82) is 0 Å². The van der Waals surface area contributed by atoms with Crippen molar-refractivity contribution in [2.24, 2.45) is 16.8 Å². The number of piperidine rings is 1. The second kappa shape index (κ2) is 17.2. The molecular weight excluding hydrogens is 669 g/mol. The maximum absolute atomic E-state index is 14.9. The molecule has 2 aliphatic rings. The van der Waals surface area contributed by atoms with Crippen LogP contribution in [0.2, 0.25) is 5.02 Å². The summed E-state index contributed by atoms with van der Waals surface area (Å²) in [4.78, 5) is 43.7. The highest BCUT2D eigenvalue weighted by molar-refractivity contribution is 6.31. The number of carbonyl (C=O) groups is 2. The Morgan fingerprint density at radius 3 is 2.24 bits per heavy atom. The molecule has 1 unspecified atom stereocenters. The van der Waals surface area contributed by atoms with Crippen molar-refractivity contribution in [2.45, 2.75) is 98.6 Å². The number of aromatic nitrogens is 1. The van der Waals surface area contributed by atoms with E-state index in [0.29, 0.717) is 66.4 Å². The zero-order valence-electron chi connectivity index (χ0n) is 31.1. The molecule has 4 rings (SSSR count). The molecule has 0 spiro atoms. The molecule has 1 aromatic heterocycles. The van der Waals surface area contributed by atoms with Crippen LogP contribution in [-0.4, -0.2) is 75.8 Å². The Hall–Kier alpha value is -3.36.